The van der Waals surface area contributed by atoms with E-state index in [4.69, 9.17) is 5.11 Å². The molecule has 130 valence electrons. The Morgan fingerprint density at radius 2 is 1.80 bits per heavy atom. The number of amides is 1. The highest BCUT2D eigenvalue weighted by atomic mass is 19.1. The molecule has 25 heavy (non-hydrogen) atoms. The van der Waals surface area contributed by atoms with E-state index in [0.29, 0.717) is 37.6 Å². The van der Waals surface area contributed by atoms with E-state index in [1.165, 1.54) is 18.5 Å². The van der Waals surface area contributed by atoms with Gasteiger partial charge in [-0.1, -0.05) is 18.2 Å². The van der Waals surface area contributed by atoms with Gasteiger partial charge in [-0.2, -0.15) is 0 Å². The van der Waals surface area contributed by atoms with Gasteiger partial charge in [0.15, 0.2) is 5.69 Å². The van der Waals surface area contributed by atoms with E-state index < -0.39 is 5.97 Å². The van der Waals surface area contributed by atoms with Crippen molar-refractivity contribution in [3.05, 3.63) is 53.7 Å². The number of aromatic carboxylic acids is 1. The summed E-state index contributed by atoms with van der Waals surface area (Å²) in [6, 6.07) is 6.27. The number of carboxylic acid groups (broad SMARTS) is 1. The van der Waals surface area contributed by atoms with Crippen molar-refractivity contribution in [1.29, 1.82) is 0 Å². The van der Waals surface area contributed by atoms with Crippen molar-refractivity contribution >= 4 is 17.7 Å². The van der Waals surface area contributed by atoms with Crippen LogP contribution in [-0.2, 0) is 11.2 Å². The second kappa shape index (κ2) is 7.25. The number of hydrogen-bond donors (Lipinski definition) is 1. The quantitative estimate of drug-likeness (QED) is 0.897. The summed E-state index contributed by atoms with van der Waals surface area (Å²) in [6.07, 6.45) is 2.67. The number of carboxylic acids is 1. The largest absolute Gasteiger partial charge is 0.476 e. The molecule has 2 heterocycles. The van der Waals surface area contributed by atoms with Crippen LogP contribution in [0.15, 0.2) is 36.7 Å². The number of hydrogen-bond acceptors (Lipinski definition) is 5. The Morgan fingerprint density at radius 1 is 1.08 bits per heavy atom. The number of piperazine rings is 1. The van der Waals surface area contributed by atoms with Crippen LogP contribution in [0.3, 0.4) is 0 Å². The van der Waals surface area contributed by atoms with Crippen molar-refractivity contribution in [2.24, 2.45) is 0 Å². The van der Waals surface area contributed by atoms with Gasteiger partial charge in [0.2, 0.25) is 5.91 Å². The first-order valence-corrected chi connectivity index (χ1v) is 7.86. The predicted molar refractivity (Wildman–Crippen MR) is 87.9 cm³/mol. The molecule has 0 bridgehead atoms. The molecule has 3 rings (SSSR count). The minimum absolute atomic E-state index is 0.0415. The Labute approximate surface area is 143 Å². The molecule has 1 saturated heterocycles. The maximum Gasteiger partial charge on any atom is 0.356 e. The SMILES string of the molecule is O=C(O)c1cnc(N2CCN(C(=O)Cc3ccccc3F)CC2)cn1. The van der Waals surface area contributed by atoms with Crippen molar-refractivity contribution in [2.75, 3.05) is 31.1 Å². The molecule has 1 aromatic carbocycles. The third kappa shape index (κ3) is 3.90. The van der Waals surface area contributed by atoms with Crippen LogP contribution in [0.5, 0.6) is 0 Å². The molecular formula is C17H17FN4O3. The molecule has 1 aromatic heterocycles. The fourth-order valence-electron chi connectivity index (χ4n) is 2.70. The molecule has 0 radical (unpaired) electrons. The first kappa shape index (κ1) is 16.8. The van der Waals surface area contributed by atoms with Gasteiger partial charge in [-0.25, -0.2) is 19.2 Å². The summed E-state index contributed by atoms with van der Waals surface area (Å²) < 4.78 is 13.7. The molecule has 1 N–H and O–H groups in total. The number of nitrogens with zero attached hydrogens (tertiary/aromatic N) is 4. The standard InChI is InChI=1S/C17H17FN4O3/c18-13-4-2-1-3-12(13)9-16(23)22-7-5-21(6-8-22)15-11-19-14(10-20-15)17(24)25/h1-4,10-11H,5-9H2,(H,24,25). The molecule has 0 aliphatic carbocycles. The average Bonchev–Trinajstić information content (AvgIpc) is 2.64. The van der Waals surface area contributed by atoms with Crippen LogP contribution in [0, 0.1) is 5.82 Å². The number of halogens is 1. The predicted octanol–water partition coefficient (Wildman–Crippen LogP) is 1.21. The second-order valence-corrected chi connectivity index (χ2v) is 5.70. The van der Waals surface area contributed by atoms with Gasteiger partial charge >= 0.3 is 5.97 Å². The lowest BCUT2D eigenvalue weighted by Gasteiger charge is -2.35. The van der Waals surface area contributed by atoms with E-state index >= 15 is 0 Å². The number of aromatic nitrogens is 2. The van der Waals surface area contributed by atoms with Gasteiger partial charge < -0.3 is 14.9 Å². The summed E-state index contributed by atoms with van der Waals surface area (Å²) in [4.78, 5) is 34.7. The van der Waals surface area contributed by atoms with Crippen LogP contribution in [0.2, 0.25) is 0 Å². The molecule has 2 aromatic rings. The van der Waals surface area contributed by atoms with Gasteiger partial charge in [-0.05, 0) is 11.6 Å². The summed E-state index contributed by atoms with van der Waals surface area (Å²) in [5.41, 5.74) is 0.285. The Kier molecular flexibility index (Phi) is 4.87. The van der Waals surface area contributed by atoms with E-state index in [2.05, 4.69) is 9.97 Å². The minimum atomic E-state index is -1.12. The van der Waals surface area contributed by atoms with Gasteiger partial charge in [0.05, 0.1) is 18.8 Å². The molecule has 0 unspecified atom stereocenters. The molecule has 0 spiro atoms. The highest BCUT2D eigenvalue weighted by molar-refractivity contribution is 5.85. The molecule has 1 amide bonds. The van der Waals surface area contributed by atoms with E-state index in [-0.39, 0.29) is 23.8 Å². The van der Waals surface area contributed by atoms with E-state index in [1.807, 2.05) is 4.90 Å². The van der Waals surface area contributed by atoms with E-state index in [1.54, 1.807) is 23.1 Å². The van der Waals surface area contributed by atoms with Gasteiger partial charge in [0.25, 0.3) is 0 Å². The molecule has 0 atom stereocenters. The maximum atomic E-state index is 13.7. The number of benzene rings is 1. The van der Waals surface area contributed by atoms with Gasteiger partial charge in [0.1, 0.15) is 11.6 Å². The molecular weight excluding hydrogens is 327 g/mol. The van der Waals surface area contributed by atoms with Crippen molar-refractivity contribution in [3.8, 4) is 0 Å². The summed E-state index contributed by atoms with van der Waals surface area (Å²) in [6.45, 7) is 2.11. The number of carbonyl (C=O) groups is 2. The number of carbonyl (C=O) groups excluding carboxylic acids is 1. The molecule has 8 heteroatoms. The maximum absolute atomic E-state index is 13.7. The van der Waals surface area contributed by atoms with Gasteiger partial charge in [-0.3, -0.25) is 4.79 Å². The highest BCUT2D eigenvalue weighted by Crippen LogP contribution is 2.14. The second-order valence-electron chi connectivity index (χ2n) is 5.70. The first-order valence-electron chi connectivity index (χ1n) is 7.86. The topological polar surface area (TPSA) is 86.6 Å². The molecule has 1 fully saturated rings. The van der Waals surface area contributed by atoms with Crippen LogP contribution in [-0.4, -0.2) is 58.0 Å². The fourth-order valence-corrected chi connectivity index (χ4v) is 2.70. The van der Waals surface area contributed by atoms with Crippen molar-refractivity contribution in [1.82, 2.24) is 14.9 Å². The van der Waals surface area contributed by atoms with Crippen molar-refractivity contribution in [3.63, 3.8) is 0 Å². The molecule has 7 nitrogen and oxygen atoms in total. The third-order valence-corrected chi connectivity index (χ3v) is 4.11. The molecule has 1 aliphatic heterocycles. The zero-order valence-electron chi connectivity index (χ0n) is 13.4. The van der Waals surface area contributed by atoms with Crippen LogP contribution >= 0.6 is 0 Å². The summed E-state index contributed by atoms with van der Waals surface area (Å²) in [5, 5.41) is 8.84. The highest BCUT2D eigenvalue weighted by Gasteiger charge is 2.23. The molecule has 1 aliphatic rings. The fraction of sp³-hybridized carbons (Fsp3) is 0.294. The zero-order valence-corrected chi connectivity index (χ0v) is 13.4. The van der Waals surface area contributed by atoms with Gasteiger partial charge in [0, 0.05) is 26.2 Å². The Hall–Kier alpha value is -3.03. The van der Waals surface area contributed by atoms with Gasteiger partial charge in [-0.15, -0.1) is 0 Å². The van der Waals surface area contributed by atoms with Crippen LogP contribution in [0.1, 0.15) is 16.1 Å². The Morgan fingerprint density at radius 3 is 2.40 bits per heavy atom. The normalized spacial score (nSPS) is 14.4. The lowest BCUT2D eigenvalue weighted by Crippen LogP contribution is -2.49. The summed E-state index contributed by atoms with van der Waals surface area (Å²) in [7, 11) is 0. The number of anilines is 1. The van der Waals surface area contributed by atoms with Crippen molar-refractivity contribution in [2.45, 2.75) is 6.42 Å². The van der Waals surface area contributed by atoms with E-state index in [9.17, 15) is 14.0 Å². The number of rotatable bonds is 4. The lowest BCUT2D eigenvalue weighted by molar-refractivity contribution is -0.130. The Bertz CT molecular complexity index is 774. The van der Waals surface area contributed by atoms with Crippen LogP contribution in [0.4, 0.5) is 10.2 Å². The Balaban J connectivity index is 1.57. The monoisotopic (exact) mass is 344 g/mol. The molecule has 0 saturated carbocycles. The zero-order chi connectivity index (χ0) is 17.8. The average molecular weight is 344 g/mol. The van der Waals surface area contributed by atoms with Crippen molar-refractivity contribution < 1.29 is 19.1 Å². The minimum Gasteiger partial charge on any atom is -0.476 e. The smallest absolute Gasteiger partial charge is 0.356 e. The first-order chi connectivity index (χ1) is 12.0. The van der Waals surface area contributed by atoms with E-state index in [0.717, 1.165) is 0 Å². The summed E-state index contributed by atoms with van der Waals surface area (Å²) >= 11 is 0. The third-order valence-electron chi connectivity index (χ3n) is 4.11. The summed E-state index contributed by atoms with van der Waals surface area (Å²) in [5.74, 6) is -1.03. The lowest BCUT2D eigenvalue weighted by atomic mass is 10.1. The van der Waals surface area contributed by atoms with Crippen LogP contribution in [0.25, 0.3) is 0 Å². The van der Waals surface area contributed by atoms with Crippen LogP contribution < -0.4 is 4.90 Å².